The number of anilines is 1. The van der Waals surface area contributed by atoms with Gasteiger partial charge in [-0.05, 0) is 12.8 Å². The number of rotatable bonds is 3. The Bertz CT molecular complexity index is 730. The van der Waals surface area contributed by atoms with Crippen molar-refractivity contribution >= 4 is 23.5 Å². The number of aromatic nitrogens is 1. The maximum Gasteiger partial charge on any atom is 0.254 e. The summed E-state index contributed by atoms with van der Waals surface area (Å²) in [6, 6.07) is -0.0156. The third kappa shape index (κ3) is 2.73. The number of halogens is 1. The van der Waals surface area contributed by atoms with Crippen LogP contribution in [-0.2, 0) is 6.54 Å². The van der Waals surface area contributed by atoms with Gasteiger partial charge in [-0.3, -0.25) is 9.79 Å². The summed E-state index contributed by atoms with van der Waals surface area (Å²) in [6.45, 7) is 1.36. The molecule has 128 valence electrons. The van der Waals surface area contributed by atoms with E-state index < -0.39 is 5.82 Å². The molecule has 1 saturated heterocycles. The van der Waals surface area contributed by atoms with E-state index in [0.717, 1.165) is 12.8 Å². The molecule has 1 aromatic rings. The van der Waals surface area contributed by atoms with Crippen molar-refractivity contribution in [3.63, 3.8) is 0 Å². The second-order valence-electron chi connectivity index (χ2n) is 5.99. The average molecular weight is 332 g/mol. The van der Waals surface area contributed by atoms with Crippen molar-refractivity contribution in [3.8, 4) is 0 Å². The zero-order chi connectivity index (χ0) is 17.3. The molecule has 0 aliphatic carbocycles. The lowest BCUT2D eigenvalue weighted by molar-refractivity contribution is 0.0965. The molecule has 3 heterocycles. The number of nitrogens with one attached hydrogen (secondary N) is 1. The predicted octanol–water partition coefficient (Wildman–Crippen LogP) is 0.392. The van der Waals surface area contributed by atoms with Crippen LogP contribution in [0.3, 0.4) is 0 Å². The predicted molar refractivity (Wildman–Crippen MR) is 91.4 cm³/mol. The highest BCUT2D eigenvalue weighted by Gasteiger charge is 2.32. The Morgan fingerprint density at radius 2 is 2.33 bits per heavy atom. The zero-order valence-electron chi connectivity index (χ0n) is 13.6. The topological polar surface area (TPSA) is 110 Å². The molecule has 1 fully saturated rings. The molecule has 1 amide bonds. The number of fused-ring (bicyclic) bond motifs is 1. The Morgan fingerprint density at radius 1 is 1.54 bits per heavy atom. The Labute approximate surface area is 139 Å². The van der Waals surface area contributed by atoms with Crippen LogP contribution in [0.2, 0.25) is 0 Å². The lowest BCUT2D eigenvalue weighted by atomic mass is 10.0. The molecule has 3 rings (SSSR count). The van der Waals surface area contributed by atoms with Gasteiger partial charge in [0.15, 0.2) is 11.6 Å². The van der Waals surface area contributed by atoms with E-state index in [1.54, 1.807) is 7.05 Å². The second-order valence-corrected chi connectivity index (χ2v) is 5.99. The van der Waals surface area contributed by atoms with E-state index in [2.05, 4.69) is 15.3 Å². The van der Waals surface area contributed by atoms with Crippen molar-refractivity contribution in [1.82, 2.24) is 10.3 Å². The fourth-order valence-corrected chi connectivity index (χ4v) is 3.21. The first-order chi connectivity index (χ1) is 11.6. The molecule has 0 spiro atoms. The van der Waals surface area contributed by atoms with E-state index in [-0.39, 0.29) is 29.9 Å². The number of pyridine rings is 1. The number of piperidine rings is 1. The van der Waals surface area contributed by atoms with Crippen LogP contribution >= 0.6 is 0 Å². The van der Waals surface area contributed by atoms with E-state index in [1.165, 1.54) is 12.4 Å². The van der Waals surface area contributed by atoms with Crippen molar-refractivity contribution < 1.29 is 9.18 Å². The van der Waals surface area contributed by atoms with Gasteiger partial charge in [-0.25, -0.2) is 9.37 Å². The first kappa shape index (κ1) is 16.4. The molecular formula is C16H21FN6O. The summed E-state index contributed by atoms with van der Waals surface area (Å²) in [7, 11) is 1.60. The maximum atomic E-state index is 15.0. The molecule has 0 radical (unpaired) electrons. The van der Waals surface area contributed by atoms with Crippen LogP contribution in [0.25, 0.3) is 5.57 Å². The minimum atomic E-state index is -0.467. The number of aliphatic imine (C=N–C) groups is 1. The lowest BCUT2D eigenvalue weighted by Gasteiger charge is -2.32. The minimum Gasteiger partial charge on any atom is -0.404 e. The Balaban J connectivity index is 2.16. The molecule has 0 saturated carbocycles. The number of allylic oxidation sites excluding steroid dienone is 1. The number of nitrogens with two attached hydrogens (primary N) is 2. The molecule has 8 heteroatoms. The second kappa shape index (κ2) is 6.56. The van der Waals surface area contributed by atoms with Crippen molar-refractivity contribution in [2.45, 2.75) is 25.4 Å². The fourth-order valence-electron chi connectivity index (χ4n) is 3.21. The van der Waals surface area contributed by atoms with Crippen molar-refractivity contribution in [2.75, 3.05) is 25.0 Å². The summed E-state index contributed by atoms with van der Waals surface area (Å²) in [5.41, 5.74) is 13.1. The van der Waals surface area contributed by atoms with E-state index in [9.17, 15) is 9.18 Å². The molecule has 2 aliphatic rings. The summed E-state index contributed by atoms with van der Waals surface area (Å²) < 4.78 is 15.0. The number of hydrogen-bond donors (Lipinski definition) is 3. The molecule has 0 aromatic carbocycles. The van der Waals surface area contributed by atoms with Crippen molar-refractivity contribution in [2.24, 2.45) is 16.5 Å². The highest BCUT2D eigenvalue weighted by molar-refractivity contribution is 6.14. The molecule has 1 aromatic heterocycles. The smallest absolute Gasteiger partial charge is 0.254 e. The molecule has 1 unspecified atom stereocenters. The number of carbonyl (C=O) groups is 1. The van der Waals surface area contributed by atoms with Crippen LogP contribution in [0.1, 0.15) is 34.5 Å². The van der Waals surface area contributed by atoms with Gasteiger partial charge in [0.2, 0.25) is 0 Å². The first-order valence-corrected chi connectivity index (χ1v) is 7.92. The summed E-state index contributed by atoms with van der Waals surface area (Å²) in [5, 5.41) is 2.65. The summed E-state index contributed by atoms with van der Waals surface area (Å²) in [4.78, 5) is 22.4. The quantitative estimate of drug-likeness (QED) is 0.694. The van der Waals surface area contributed by atoms with Gasteiger partial charge >= 0.3 is 0 Å². The van der Waals surface area contributed by atoms with E-state index in [4.69, 9.17) is 11.5 Å². The lowest BCUT2D eigenvalue weighted by Crippen LogP contribution is -2.43. The third-order valence-electron chi connectivity index (χ3n) is 4.35. The van der Waals surface area contributed by atoms with Gasteiger partial charge in [-0.2, -0.15) is 0 Å². The highest BCUT2D eigenvalue weighted by atomic mass is 19.1. The van der Waals surface area contributed by atoms with Gasteiger partial charge in [-0.15, -0.1) is 0 Å². The normalized spacial score (nSPS) is 21.3. The minimum absolute atomic E-state index is 0.0156. The van der Waals surface area contributed by atoms with Crippen LogP contribution in [0.15, 0.2) is 11.2 Å². The van der Waals surface area contributed by atoms with Gasteiger partial charge < -0.3 is 21.7 Å². The van der Waals surface area contributed by atoms with Gasteiger partial charge in [-0.1, -0.05) is 0 Å². The Kier molecular flexibility index (Phi) is 4.48. The van der Waals surface area contributed by atoms with E-state index in [1.807, 2.05) is 4.90 Å². The summed E-state index contributed by atoms with van der Waals surface area (Å²) in [6.07, 6.45) is 4.62. The number of carbonyl (C=O) groups excluding carboxylic acids is 1. The molecule has 7 nitrogen and oxygen atoms in total. The monoisotopic (exact) mass is 332 g/mol. The summed E-state index contributed by atoms with van der Waals surface area (Å²) >= 11 is 0. The van der Waals surface area contributed by atoms with Crippen LogP contribution in [0.4, 0.5) is 10.2 Å². The van der Waals surface area contributed by atoms with E-state index >= 15 is 0 Å². The fraction of sp³-hybridized carbons (Fsp3) is 0.438. The van der Waals surface area contributed by atoms with Crippen LogP contribution in [-0.4, -0.2) is 43.3 Å². The third-order valence-corrected chi connectivity index (χ3v) is 4.35. The molecule has 5 N–H and O–H groups in total. The average Bonchev–Trinajstić information content (AvgIpc) is 2.96. The first-order valence-electron chi connectivity index (χ1n) is 7.92. The SMILES string of the molecule is CN=CC(=CN)c1nc(N2CCCC(N)C2)c(F)c2c1C(=O)NC2. The maximum absolute atomic E-state index is 15.0. The molecular weight excluding hydrogens is 311 g/mol. The zero-order valence-corrected chi connectivity index (χ0v) is 13.6. The highest BCUT2D eigenvalue weighted by Crippen LogP contribution is 2.32. The largest absolute Gasteiger partial charge is 0.404 e. The molecule has 0 bridgehead atoms. The molecule has 24 heavy (non-hydrogen) atoms. The van der Waals surface area contributed by atoms with E-state index in [0.29, 0.717) is 29.9 Å². The number of nitrogens with zero attached hydrogens (tertiary/aromatic N) is 3. The van der Waals surface area contributed by atoms with Crippen LogP contribution < -0.4 is 21.7 Å². The van der Waals surface area contributed by atoms with Gasteiger partial charge in [0, 0.05) is 56.3 Å². The van der Waals surface area contributed by atoms with Crippen LogP contribution in [0, 0.1) is 5.82 Å². The Hall–Kier alpha value is -2.48. The van der Waals surface area contributed by atoms with Gasteiger partial charge in [0.1, 0.15) is 0 Å². The van der Waals surface area contributed by atoms with Gasteiger partial charge in [0.05, 0.1) is 11.3 Å². The number of hydrogen-bond acceptors (Lipinski definition) is 6. The Morgan fingerprint density at radius 3 is 3.00 bits per heavy atom. The summed E-state index contributed by atoms with van der Waals surface area (Å²) in [5.74, 6) is -0.595. The molecule has 2 aliphatic heterocycles. The van der Waals surface area contributed by atoms with Crippen molar-refractivity contribution in [1.29, 1.82) is 0 Å². The number of amides is 1. The van der Waals surface area contributed by atoms with Gasteiger partial charge in [0.25, 0.3) is 5.91 Å². The standard InChI is InChI=1S/C16H21FN6O/c1-20-6-9(5-18)14-12-11(7-21-16(12)24)13(17)15(22-14)23-4-2-3-10(19)8-23/h5-6,10H,2-4,7-8,18-19H2,1H3,(H,21,24). The van der Waals surface area contributed by atoms with Crippen LogP contribution in [0.5, 0.6) is 0 Å². The molecule has 1 atom stereocenters. The van der Waals surface area contributed by atoms with Crippen molar-refractivity contribution in [3.05, 3.63) is 28.8 Å².